The number of carbonyl (C=O) groups is 2. The number of benzene rings is 1. The van der Waals surface area contributed by atoms with E-state index in [-0.39, 0.29) is 11.6 Å². The van der Waals surface area contributed by atoms with Gasteiger partial charge in [0.25, 0.3) is 0 Å². The quantitative estimate of drug-likeness (QED) is 0.353. The first kappa shape index (κ1) is 21.2. The summed E-state index contributed by atoms with van der Waals surface area (Å²) in [5.41, 5.74) is 0.187. The first-order valence-electron chi connectivity index (χ1n) is 10.2. The highest BCUT2D eigenvalue weighted by Crippen LogP contribution is 2.52. The molecule has 1 aliphatic rings. The van der Waals surface area contributed by atoms with E-state index in [0.29, 0.717) is 12.8 Å². The van der Waals surface area contributed by atoms with E-state index in [0.717, 1.165) is 24.7 Å². The normalized spacial score (nSPS) is 14.8. The summed E-state index contributed by atoms with van der Waals surface area (Å²) >= 11 is 3.00. The molecular formula is C24H18N2O5S2. The zero-order valence-corrected chi connectivity index (χ0v) is 19.1. The number of carboxylic acids is 1. The van der Waals surface area contributed by atoms with Gasteiger partial charge >= 0.3 is 12.1 Å². The Morgan fingerprint density at radius 1 is 1.18 bits per heavy atom. The molecule has 166 valence electrons. The third-order valence-corrected chi connectivity index (χ3v) is 7.89. The van der Waals surface area contributed by atoms with Crippen molar-refractivity contribution < 1.29 is 23.8 Å². The molecule has 1 aromatic carbocycles. The molecule has 33 heavy (non-hydrogen) atoms. The maximum absolute atomic E-state index is 12.3. The molecule has 0 spiro atoms. The lowest BCUT2D eigenvalue weighted by Gasteiger charge is -2.13. The molecular weight excluding hydrogens is 460 g/mol. The summed E-state index contributed by atoms with van der Waals surface area (Å²) in [5, 5.41) is 12.1. The van der Waals surface area contributed by atoms with Crippen LogP contribution < -0.4 is 5.32 Å². The van der Waals surface area contributed by atoms with Gasteiger partial charge in [-0.2, -0.15) is 4.98 Å². The van der Waals surface area contributed by atoms with Crippen molar-refractivity contribution in [2.75, 3.05) is 5.32 Å². The van der Waals surface area contributed by atoms with Crippen LogP contribution in [0.1, 0.15) is 46.9 Å². The maximum atomic E-state index is 12.3. The van der Waals surface area contributed by atoms with E-state index in [9.17, 15) is 14.7 Å². The molecule has 3 aromatic heterocycles. The number of oxazole rings is 1. The molecule has 4 aromatic rings. The fourth-order valence-electron chi connectivity index (χ4n) is 3.44. The number of aliphatic carboxylic acids is 1. The number of carboxylic acid groups (broad SMARTS) is 1. The average molecular weight is 479 g/mol. The van der Waals surface area contributed by atoms with Crippen LogP contribution in [0.2, 0.25) is 0 Å². The lowest BCUT2D eigenvalue weighted by molar-refractivity contribution is -0.139. The van der Waals surface area contributed by atoms with Gasteiger partial charge in [-0.05, 0) is 49.3 Å². The molecule has 1 aliphatic carbocycles. The van der Waals surface area contributed by atoms with E-state index in [1.807, 2.05) is 42.5 Å². The van der Waals surface area contributed by atoms with Gasteiger partial charge in [0.15, 0.2) is 12.2 Å². The summed E-state index contributed by atoms with van der Waals surface area (Å²) in [5.74, 6) is 5.59. The number of thiophene rings is 2. The third kappa shape index (κ3) is 4.23. The Morgan fingerprint density at radius 2 is 1.94 bits per heavy atom. The van der Waals surface area contributed by atoms with Crippen LogP contribution in [0.3, 0.4) is 0 Å². The zero-order chi connectivity index (χ0) is 23.0. The van der Waals surface area contributed by atoms with Crippen LogP contribution in [0.5, 0.6) is 0 Å². The second-order valence-electron chi connectivity index (χ2n) is 7.70. The van der Waals surface area contributed by atoms with E-state index in [4.69, 9.17) is 9.15 Å². The Bertz CT molecular complexity index is 1370. The van der Waals surface area contributed by atoms with Gasteiger partial charge in [-0.25, -0.2) is 4.79 Å². The van der Waals surface area contributed by atoms with Crippen LogP contribution in [0, 0.1) is 11.8 Å². The lowest BCUT2D eigenvalue weighted by Crippen LogP contribution is -2.17. The van der Waals surface area contributed by atoms with Gasteiger partial charge in [-0.15, -0.1) is 22.7 Å². The molecule has 1 atom stereocenters. The SMILES string of the molecule is CC(OC(=O)Nc1ncoc1C#Cc1cc2sc(C3(C(=O)O)CC3)cc2s1)c1ccccc1. The fraction of sp³-hybridized carbons (Fsp3) is 0.208. The highest BCUT2D eigenvalue weighted by molar-refractivity contribution is 7.28. The summed E-state index contributed by atoms with van der Waals surface area (Å²) in [7, 11) is 0. The fourth-order valence-corrected chi connectivity index (χ4v) is 5.93. The Kier molecular flexibility index (Phi) is 5.40. The first-order chi connectivity index (χ1) is 15.9. The van der Waals surface area contributed by atoms with Crippen molar-refractivity contribution in [1.82, 2.24) is 4.98 Å². The van der Waals surface area contributed by atoms with Gasteiger partial charge < -0.3 is 14.3 Å². The second kappa shape index (κ2) is 8.39. The smallest absolute Gasteiger partial charge is 0.413 e. The minimum Gasteiger partial charge on any atom is -0.481 e. The average Bonchev–Trinajstić information content (AvgIpc) is 3.12. The Balaban J connectivity index is 1.27. The van der Waals surface area contributed by atoms with Crippen molar-refractivity contribution in [3.05, 3.63) is 69.9 Å². The number of fused-ring (bicyclic) bond motifs is 1. The number of aromatic nitrogens is 1. The minimum absolute atomic E-state index is 0.186. The number of carbonyl (C=O) groups excluding carboxylic acids is 1. The van der Waals surface area contributed by atoms with Crippen molar-refractivity contribution in [3.8, 4) is 11.8 Å². The van der Waals surface area contributed by atoms with E-state index in [2.05, 4.69) is 22.1 Å². The van der Waals surface area contributed by atoms with Gasteiger partial charge in [0.2, 0.25) is 5.76 Å². The van der Waals surface area contributed by atoms with Crippen LogP contribution in [-0.4, -0.2) is 22.2 Å². The maximum Gasteiger partial charge on any atom is 0.413 e. The molecule has 7 nitrogen and oxygen atoms in total. The molecule has 0 bridgehead atoms. The van der Waals surface area contributed by atoms with Gasteiger partial charge in [0.05, 0.1) is 4.88 Å². The molecule has 1 fully saturated rings. The summed E-state index contributed by atoms with van der Waals surface area (Å²) in [6, 6.07) is 13.3. The molecule has 5 rings (SSSR count). The topological polar surface area (TPSA) is 102 Å². The largest absolute Gasteiger partial charge is 0.481 e. The second-order valence-corrected chi connectivity index (χ2v) is 9.87. The highest BCUT2D eigenvalue weighted by Gasteiger charge is 2.53. The van der Waals surface area contributed by atoms with Crippen LogP contribution in [0.4, 0.5) is 10.6 Å². The third-order valence-electron chi connectivity index (χ3n) is 5.48. The lowest BCUT2D eigenvalue weighted by atomic mass is 10.1. The van der Waals surface area contributed by atoms with Crippen LogP contribution in [0.25, 0.3) is 9.40 Å². The number of nitrogens with one attached hydrogen (secondary N) is 1. The van der Waals surface area contributed by atoms with Gasteiger partial charge in [0, 0.05) is 14.3 Å². The van der Waals surface area contributed by atoms with Crippen molar-refractivity contribution in [2.45, 2.75) is 31.3 Å². The Labute approximate surface area is 197 Å². The van der Waals surface area contributed by atoms with Crippen molar-refractivity contribution in [2.24, 2.45) is 0 Å². The molecule has 0 radical (unpaired) electrons. The van der Waals surface area contributed by atoms with E-state index >= 15 is 0 Å². The van der Waals surface area contributed by atoms with E-state index < -0.39 is 23.6 Å². The number of ether oxygens (including phenoxy) is 1. The van der Waals surface area contributed by atoms with E-state index in [1.54, 1.807) is 6.92 Å². The van der Waals surface area contributed by atoms with Gasteiger partial charge in [0.1, 0.15) is 11.5 Å². The number of anilines is 1. The van der Waals surface area contributed by atoms with Crippen LogP contribution in [0.15, 0.2) is 53.3 Å². The number of hydrogen-bond donors (Lipinski definition) is 2. The summed E-state index contributed by atoms with van der Waals surface area (Å²) in [4.78, 5) is 29.5. The van der Waals surface area contributed by atoms with Gasteiger partial charge in [-0.3, -0.25) is 10.1 Å². The first-order valence-corrected chi connectivity index (χ1v) is 11.8. The number of nitrogens with zero attached hydrogens (tertiary/aromatic N) is 1. The van der Waals surface area contributed by atoms with Crippen molar-refractivity contribution in [3.63, 3.8) is 0 Å². The predicted octanol–water partition coefficient (Wildman–Crippen LogP) is 5.78. The molecule has 1 saturated carbocycles. The summed E-state index contributed by atoms with van der Waals surface area (Å²) in [6.45, 7) is 1.79. The summed E-state index contributed by atoms with van der Waals surface area (Å²) < 4.78 is 12.7. The molecule has 9 heteroatoms. The monoisotopic (exact) mass is 478 g/mol. The molecule has 0 aliphatic heterocycles. The summed E-state index contributed by atoms with van der Waals surface area (Å²) in [6.07, 6.45) is 1.51. The predicted molar refractivity (Wildman–Crippen MR) is 126 cm³/mol. The molecule has 2 N–H and O–H groups in total. The Hall–Kier alpha value is -3.61. The number of rotatable bonds is 5. The zero-order valence-electron chi connectivity index (χ0n) is 17.5. The van der Waals surface area contributed by atoms with E-state index in [1.165, 1.54) is 29.1 Å². The standard InChI is InChI=1S/C24H18N2O5S2/c1-14(15-5-3-2-4-6-15)31-23(29)26-21-17(30-13-25-21)8-7-16-11-18-19(32-16)12-20(33-18)24(9-10-24)22(27)28/h2-6,11-14H,9-10H2,1H3,(H,26,29)(H,27,28). The van der Waals surface area contributed by atoms with Crippen molar-refractivity contribution in [1.29, 1.82) is 0 Å². The Morgan fingerprint density at radius 3 is 2.64 bits per heavy atom. The van der Waals surface area contributed by atoms with Crippen LogP contribution in [-0.2, 0) is 14.9 Å². The highest BCUT2D eigenvalue weighted by atomic mass is 32.1. The molecule has 0 saturated heterocycles. The molecule has 1 unspecified atom stereocenters. The van der Waals surface area contributed by atoms with Crippen LogP contribution >= 0.6 is 22.7 Å². The number of hydrogen-bond acceptors (Lipinski definition) is 7. The molecule has 3 heterocycles. The minimum atomic E-state index is -0.751. The molecule has 1 amide bonds. The van der Waals surface area contributed by atoms with Crippen molar-refractivity contribution >= 4 is 50.0 Å². The number of amides is 1. The van der Waals surface area contributed by atoms with Gasteiger partial charge in [-0.1, -0.05) is 30.3 Å².